The van der Waals surface area contributed by atoms with Crippen molar-refractivity contribution in [3.05, 3.63) is 0 Å². The Morgan fingerprint density at radius 2 is 1.89 bits per heavy atom. The topological polar surface area (TPSA) is 57.7 Å². The van der Waals surface area contributed by atoms with Crippen molar-refractivity contribution in [2.45, 2.75) is 44.6 Å². The van der Waals surface area contributed by atoms with Gasteiger partial charge in [-0.25, -0.2) is 8.42 Å². The lowest BCUT2D eigenvalue weighted by Gasteiger charge is -2.28. The molecule has 1 aliphatic carbocycles. The summed E-state index contributed by atoms with van der Waals surface area (Å²) >= 11 is 0. The van der Waals surface area contributed by atoms with Gasteiger partial charge in [-0.2, -0.15) is 4.31 Å². The number of carbonyl (C=O) groups excluding carboxylic acids is 1. The predicted molar refractivity (Wildman–Crippen MR) is 72.1 cm³/mol. The van der Waals surface area contributed by atoms with Crippen molar-refractivity contribution < 1.29 is 13.2 Å². The Balaban J connectivity index is 1.60. The number of carbonyl (C=O) groups is 1. The molecule has 0 bridgehead atoms. The number of hydrogen-bond donors (Lipinski definition) is 0. The van der Waals surface area contributed by atoms with Crippen LogP contribution in [0.2, 0.25) is 0 Å². The van der Waals surface area contributed by atoms with Gasteiger partial charge in [0.05, 0.1) is 5.75 Å². The Morgan fingerprint density at radius 1 is 1.11 bits per heavy atom. The van der Waals surface area contributed by atoms with E-state index >= 15 is 0 Å². The molecule has 3 aliphatic rings. The van der Waals surface area contributed by atoms with Gasteiger partial charge < -0.3 is 4.90 Å². The second kappa shape index (κ2) is 5.05. The minimum Gasteiger partial charge on any atom is -0.338 e. The van der Waals surface area contributed by atoms with Crippen LogP contribution in [0.4, 0.5) is 0 Å². The summed E-state index contributed by atoms with van der Waals surface area (Å²) in [5, 5.41) is 0. The first kappa shape index (κ1) is 13.4. The SMILES string of the molecule is O=C1CCCN1[C@H]1CCN(S(=O)(=O)CC2CCC2)C1. The molecule has 0 aromatic heterocycles. The van der Waals surface area contributed by atoms with E-state index in [2.05, 4.69) is 0 Å². The fourth-order valence-corrected chi connectivity index (χ4v) is 5.26. The zero-order valence-corrected chi connectivity index (χ0v) is 12.1. The molecule has 19 heavy (non-hydrogen) atoms. The molecule has 1 amide bonds. The van der Waals surface area contributed by atoms with Crippen LogP contribution in [0.3, 0.4) is 0 Å². The lowest BCUT2D eigenvalue weighted by Crippen LogP contribution is -2.41. The van der Waals surface area contributed by atoms with Gasteiger partial charge in [0.15, 0.2) is 0 Å². The Morgan fingerprint density at radius 3 is 2.47 bits per heavy atom. The minimum atomic E-state index is -3.10. The van der Waals surface area contributed by atoms with E-state index in [0.29, 0.717) is 31.2 Å². The molecule has 5 nitrogen and oxygen atoms in total. The van der Waals surface area contributed by atoms with Crippen LogP contribution in [-0.2, 0) is 14.8 Å². The van der Waals surface area contributed by atoms with Crippen molar-refractivity contribution in [2.24, 2.45) is 5.92 Å². The zero-order valence-electron chi connectivity index (χ0n) is 11.3. The Kier molecular flexibility index (Phi) is 3.55. The van der Waals surface area contributed by atoms with Gasteiger partial charge in [-0.05, 0) is 31.6 Å². The molecule has 3 rings (SSSR count). The van der Waals surface area contributed by atoms with E-state index in [9.17, 15) is 13.2 Å². The Bertz CT molecular complexity index is 459. The van der Waals surface area contributed by atoms with E-state index in [1.807, 2.05) is 4.90 Å². The van der Waals surface area contributed by atoms with Crippen molar-refractivity contribution in [3.8, 4) is 0 Å². The third-order valence-electron chi connectivity index (χ3n) is 4.74. The van der Waals surface area contributed by atoms with Crippen LogP contribution in [0.5, 0.6) is 0 Å². The van der Waals surface area contributed by atoms with Gasteiger partial charge in [-0.3, -0.25) is 4.79 Å². The molecule has 1 saturated carbocycles. The van der Waals surface area contributed by atoms with E-state index in [1.165, 1.54) is 6.42 Å². The number of likely N-dealkylation sites (tertiary alicyclic amines) is 1. The molecular weight excluding hydrogens is 264 g/mol. The molecular formula is C13H22N2O3S. The summed E-state index contributed by atoms with van der Waals surface area (Å²) in [6.45, 7) is 1.91. The average Bonchev–Trinajstić information content (AvgIpc) is 2.92. The summed E-state index contributed by atoms with van der Waals surface area (Å²) < 4.78 is 26.2. The number of sulfonamides is 1. The molecule has 2 aliphatic heterocycles. The highest BCUT2D eigenvalue weighted by molar-refractivity contribution is 7.89. The molecule has 0 unspecified atom stereocenters. The summed E-state index contributed by atoms with van der Waals surface area (Å²) in [6.07, 6.45) is 5.64. The maximum absolute atomic E-state index is 12.3. The largest absolute Gasteiger partial charge is 0.338 e. The lowest BCUT2D eigenvalue weighted by atomic mass is 9.87. The van der Waals surface area contributed by atoms with Crippen LogP contribution in [0.15, 0.2) is 0 Å². The Hall–Kier alpha value is -0.620. The minimum absolute atomic E-state index is 0.117. The lowest BCUT2D eigenvalue weighted by molar-refractivity contribution is -0.129. The normalized spacial score (nSPS) is 30.0. The van der Waals surface area contributed by atoms with E-state index in [0.717, 1.165) is 32.2 Å². The van der Waals surface area contributed by atoms with Gasteiger partial charge in [0, 0.05) is 32.1 Å². The van der Waals surface area contributed by atoms with E-state index < -0.39 is 10.0 Å². The number of amides is 1. The maximum Gasteiger partial charge on any atom is 0.222 e. The summed E-state index contributed by atoms with van der Waals surface area (Å²) in [6, 6.07) is 0.117. The average molecular weight is 286 g/mol. The monoisotopic (exact) mass is 286 g/mol. The van der Waals surface area contributed by atoms with Gasteiger partial charge >= 0.3 is 0 Å². The first-order chi connectivity index (χ1) is 9.06. The standard InChI is InChI=1S/C13H22N2O3S/c16-13-5-2-7-15(13)12-6-8-14(9-12)19(17,18)10-11-3-1-4-11/h11-12H,1-10H2/t12-/m0/s1. The van der Waals surface area contributed by atoms with Crippen molar-refractivity contribution in [3.63, 3.8) is 0 Å². The molecule has 6 heteroatoms. The van der Waals surface area contributed by atoms with E-state index in [1.54, 1.807) is 4.31 Å². The molecule has 0 aromatic carbocycles. The van der Waals surface area contributed by atoms with Crippen LogP contribution in [0.1, 0.15) is 38.5 Å². The number of nitrogens with zero attached hydrogens (tertiary/aromatic N) is 2. The van der Waals surface area contributed by atoms with Crippen LogP contribution in [0, 0.1) is 5.92 Å². The van der Waals surface area contributed by atoms with Gasteiger partial charge in [0.1, 0.15) is 0 Å². The second-order valence-corrected chi connectivity index (χ2v) is 8.08. The third-order valence-corrected chi connectivity index (χ3v) is 6.75. The van der Waals surface area contributed by atoms with E-state index in [4.69, 9.17) is 0 Å². The van der Waals surface area contributed by atoms with E-state index in [-0.39, 0.29) is 11.9 Å². The van der Waals surface area contributed by atoms with Crippen LogP contribution >= 0.6 is 0 Å². The molecule has 2 heterocycles. The third kappa shape index (κ3) is 2.65. The molecule has 0 radical (unpaired) electrons. The molecule has 2 saturated heterocycles. The summed E-state index contributed by atoms with van der Waals surface area (Å²) in [5.74, 6) is 0.883. The van der Waals surface area contributed by atoms with Crippen molar-refractivity contribution >= 4 is 15.9 Å². The van der Waals surface area contributed by atoms with Crippen LogP contribution in [-0.4, -0.2) is 55.0 Å². The zero-order chi connectivity index (χ0) is 13.5. The number of hydrogen-bond acceptors (Lipinski definition) is 3. The summed E-state index contributed by atoms with van der Waals surface area (Å²) in [5.41, 5.74) is 0. The molecule has 0 spiro atoms. The first-order valence-electron chi connectivity index (χ1n) is 7.33. The van der Waals surface area contributed by atoms with Gasteiger partial charge in [0.25, 0.3) is 0 Å². The molecule has 3 fully saturated rings. The summed E-state index contributed by atoms with van der Waals surface area (Å²) in [4.78, 5) is 13.6. The fraction of sp³-hybridized carbons (Fsp3) is 0.923. The van der Waals surface area contributed by atoms with Crippen LogP contribution < -0.4 is 0 Å². The van der Waals surface area contributed by atoms with Crippen LogP contribution in [0.25, 0.3) is 0 Å². The van der Waals surface area contributed by atoms with Crippen molar-refractivity contribution in [1.82, 2.24) is 9.21 Å². The smallest absolute Gasteiger partial charge is 0.222 e. The molecule has 0 N–H and O–H groups in total. The summed E-state index contributed by atoms with van der Waals surface area (Å²) in [7, 11) is -3.10. The van der Waals surface area contributed by atoms with Gasteiger partial charge in [-0.1, -0.05) is 6.42 Å². The predicted octanol–water partition coefficient (Wildman–Crippen LogP) is 0.813. The fourth-order valence-electron chi connectivity index (χ4n) is 3.34. The number of rotatable bonds is 4. The maximum atomic E-state index is 12.3. The molecule has 0 aromatic rings. The molecule has 108 valence electrons. The second-order valence-electron chi connectivity index (χ2n) is 6.07. The highest BCUT2D eigenvalue weighted by Gasteiger charge is 2.38. The first-order valence-corrected chi connectivity index (χ1v) is 8.94. The highest BCUT2D eigenvalue weighted by atomic mass is 32.2. The highest BCUT2D eigenvalue weighted by Crippen LogP contribution is 2.30. The van der Waals surface area contributed by atoms with Gasteiger partial charge in [0.2, 0.25) is 15.9 Å². The Labute approximate surface area is 115 Å². The molecule has 1 atom stereocenters. The quantitative estimate of drug-likeness (QED) is 0.768. The van der Waals surface area contributed by atoms with Gasteiger partial charge in [-0.15, -0.1) is 0 Å². The van der Waals surface area contributed by atoms with Crippen molar-refractivity contribution in [1.29, 1.82) is 0 Å². The van der Waals surface area contributed by atoms with Crippen molar-refractivity contribution in [2.75, 3.05) is 25.4 Å².